The minimum atomic E-state index is -1.41. The summed E-state index contributed by atoms with van der Waals surface area (Å²) < 4.78 is 28.3. The zero-order chi connectivity index (χ0) is 12.3. The van der Waals surface area contributed by atoms with E-state index in [0.29, 0.717) is 0 Å². The second kappa shape index (κ2) is 5.06. The van der Waals surface area contributed by atoms with Crippen molar-refractivity contribution in [1.29, 1.82) is 0 Å². The van der Waals surface area contributed by atoms with Crippen molar-refractivity contribution in [3.05, 3.63) is 34.6 Å². The van der Waals surface area contributed by atoms with E-state index in [1.54, 1.807) is 26.8 Å². The molecule has 0 radical (unpaired) electrons. The summed E-state index contributed by atoms with van der Waals surface area (Å²) in [6.07, 6.45) is 1.22. The average Bonchev–Trinajstić information content (AvgIpc) is 2.15. The van der Waals surface area contributed by atoms with E-state index in [4.69, 9.17) is 11.6 Å². The van der Waals surface area contributed by atoms with Gasteiger partial charge in [-0.1, -0.05) is 17.7 Å². The van der Waals surface area contributed by atoms with E-state index in [0.717, 1.165) is 0 Å². The molecule has 88 valence electrons. The number of benzene rings is 1. The predicted molar refractivity (Wildman–Crippen MR) is 66.9 cm³/mol. The lowest BCUT2D eigenvalue weighted by Gasteiger charge is -2.12. The number of hydrogen-bond donors (Lipinski definition) is 0. The molecule has 1 aromatic rings. The Morgan fingerprint density at radius 3 is 2.56 bits per heavy atom. The minimum absolute atomic E-state index is 0.168. The zero-order valence-corrected chi connectivity index (χ0v) is 10.9. The van der Waals surface area contributed by atoms with Crippen molar-refractivity contribution in [3.63, 3.8) is 0 Å². The number of nitrogens with zero attached hydrogens (tertiary/aromatic N) is 1. The fourth-order valence-electron chi connectivity index (χ4n) is 0.893. The van der Waals surface area contributed by atoms with Crippen molar-refractivity contribution in [2.75, 3.05) is 0 Å². The highest BCUT2D eigenvalue weighted by atomic mass is 35.5. The normalized spacial score (nSPS) is 14.3. The molecular formula is C11H13ClFNOS. The smallest absolute Gasteiger partial charge is 0.144 e. The predicted octanol–water partition coefficient (Wildman–Crippen LogP) is 3.36. The van der Waals surface area contributed by atoms with E-state index >= 15 is 0 Å². The SMILES string of the molecule is CC(C)(C)[S@@](=O)N=Cc1c(F)cccc1Cl. The summed E-state index contributed by atoms with van der Waals surface area (Å²) in [6.45, 7) is 5.39. The molecule has 0 heterocycles. The third-order valence-corrected chi connectivity index (χ3v) is 3.48. The zero-order valence-electron chi connectivity index (χ0n) is 9.33. The van der Waals surface area contributed by atoms with Gasteiger partial charge in [-0.25, -0.2) is 8.60 Å². The van der Waals surface area contributed by atoms with Gasteiger partial charge in [0.2, 0.25) is 0 Å². The van der Waals surface area contributed by atoms with Crippen LogP contribution in [0.15, 0.2) is 22.6 Å². The fourth-order valence-corrected chi connectivity index (χ4v) is 1.62. The molecule has 0 aliphatic rings. The van der Waals surface area contributed by atoms with E-state index in [-0.39, 0.29) is 10.6 Å². The molecule has 0 spiro atoms. The van der Waals surface area contributed by atoms with Gasteiger partial charge in [-0.2, -0.15) is 4.40 Å². The summed E-state index contributed by atoms with van der Waals surface area (Å²) in [4.78, 5) is 0. The first-order valence-electron chi connectivity index (χ1n) is 4.72. The molecule has 0 fully saturated rings. The summed E-state index contributed by atoms with van der Waals surface area (Å²) in [5.41, 5.74) is 0.168. The quantitative estimate of drug-likeness (QED) is 0.751. The molecule has 2 nitrogen and oxygen atoms in total. The van der Waals surface area contributed by atoms with Crippen LogP contribution in [0, 0.1) is 5.82 Å². The van der Waals surface area contributed by atoms with Gasteiger partial charge in [-0.3, -0.25) is 0 Å². The first kappa shape index (κ1) is 13.3. The van der Waals surface area contributed by atoms with Crippen LogP contribution in [0.3, 0.4) is 0 Å². The highest BCUT2D eigenvalue weighted by Gasteiger charge is 2.18. The van der Waals surface area contributed by atoms with E-state index < -0.39 is 21.5 Å². The van der Waals surface area contributed by atoms with Crippen molar-refractivity contribution >= 4 is 28.8 Å². The maximum atomic E-state index is 13.3. The average molecular weight is 262 g/mol. The standard InChI is InChI=1S/C11H13ClFNOS/c1-11(2,3)16(15)14-7-8-9(12)5-4-6-10(8)13/h4-7H,1-3H3/t16-/m1/s1. The van der Waals surface area contributed by atoms with Gasteiger partial charge in [-0.05, 0) is 32.9 Å². The van der Waals surface area contributed by atoms with Crippen molar-refractivity contribution in [1.82, 2.24) is 0 Å². The molecule has 5 heteroatoms. The van der Waals surface area contributed by atoms with E-state index in [9.17, 15) is 8.60 Å². The summed E-state index contributed by atoms with van der Waals surface area (Å²) in [6, 6.07) is 4.36. The Bertz CT molecular complexity index is 420. The second-order valence-electron chi connectivity index (χ2n) is 4.23. The fraction of sp³-hybridized carbons (Fsp3) is 0.364. The Hall–Kier alpha value is -0.740. The highest BCUT2D eigenvalue weighted by Crippen LogP contribution is 2.18. The molecule has 0 amide bonds. The molecule has 0 aliphatic heterocycles. The lowest BCUT2D eigenvalue weighted by molar-refractivity contribution is 0.626. The van der Waals surface area contributed by atoms with Crippen molar-refractivity contribution in [3.8, 4) is 0 Å². The summed E-state index contributed by atoms with van der Waals surface area (Å²) >= 11 is 5.80. The van der Waals surface area contributed by atoms with E-state index in [1.807, 2.05) is 0 Å². The first-order valence-corrected chi connectivity index (χ1v) is 6.21. The summed E-state index contributed by atoms with van der Waals surface area (Å²) in [5, 5.41) is 0.259. The van der Waals surface area contributed by atoms with E-state index in [1.165, 1.54) is 18.3 Å². The molecule has 1 atom stereocenters. The van der Waals surface area contributed by atoms with Gasteiger partial charge in [0.15, 0.2) is 0 Å². The molecule has 0 aromatic heterocycles. The molecule has 0 bridgehead atoms. The second-order valence-corrected chi connectivity index (χ2v) is 6.57. The Kier molecular flexibility index (Phi) is 4.21. The van der Waals surface area contributed by atoms with Crippen LogP contribution in [0.2, 0.25) is 5.02 Å². The Balaban J connectivity index is 2.98. The van der Waals surface area contributed by atoms with Gasteiger partial charge in [0.05, 0.1) is 9.77 Å². The van der Waals surface area contributed by atoms with Gasteiger partial charge in [-0.15, -0.1) is 0 Å². The van der Waals surface area contributed by atoms with Crippen LogP contribution in [0.1, 0.15) is 26.3 Å². The van der Waals surface area contributed by atoms with Crippen molar-refractivity contribution in [2.45, 2.75) is 25.5 Å². The third-order valence-electron chi connectivity index (χ3n) is 1.80. The number of halogens is 2. The lowest BCUT2D eigenvalue weighted by Crippen LogP contribution is -2.19. The topological polar surface area (TPSA) is 29.4 Å². The van der Waals surface area contributed by atoms with Crippen molar-refractivity contribution < 1.29 is 8.60 Å². The minimum Gasteiger partial charge on any atom is -0.234 e. The van der Waals surface area contributed by atoms with Crippen molar-refractivity contribution in [2.24, 2.45) is 4.40 Å². The molecule has 0 aliphatic carbocycles. The molecule has 16 heavy (non-hydrogen) atoms. The van der Waals surface area contributed by atoms with Crippen LogP contribution < -0.4 is 0 Å². The molecule has 0 unspecified atom stereocenters. The van der Waals surface area contributed by atoms with Crippen LogP contribution in [0.4, 0.5) is 4.39 Å². The van der Waals surface area contributed by atoms with Gasteiger partial charge in [0, 0.05) is 11.8 Å². The van der Waals surface area contributed by atoms with Gasteiger partial charge in [0.1, 0.15) is 16.8 Å². The van der Waals surface area contributed by atoms with Crippen LogP contribution in [-0.2, 0) is 11.0 Å². The van der Waals surface area contributed by atoms with Gasteiger partial charge in [0.25, 0.3) is 0 Å². The Morgan fingerprint density at radius 1 is 1.44 bits per heavy atom. The molecular weight excluding hydrogens is 249 g/mol. The number of hydrogen-bond acceptors (Lipinski definition) is 1. The van der Waals surface area contributed by atoms with E-state index in [2.05, 4.69) is 4.40 Å². The summed E-state index contributed by atoms with van der Waals surface area (Å²) in [5.74, 6) is -0.470. The molecule has 0 N–H and O–H groups in total. The monoisotopic (exact) mass is 261 g/mol. The van der Waals surface area contributed by atoms with Crippen LogP contribution in [0.25, 0.3) is 0 Å². The molecule has 1 aromatic carbocycles. The largest absolute Gasteiger partial charge is 0.234 e. The summed E-state index contributed by atoms with van der Waals surface area (Å²) in [7, 11) is -1.41. The van der Waals surface area contributed by atoms with Crippen LogP contribution in [0.5, 0.6) is 0 Å². The Labute approximate surface area is 102 Å². The first-order chi connectivity index (χ1) is 7.32. The molecule has 0 saturated heterocycles. The lowest BCUT2D eigenvalue weighted by atomic mass is 10.2. The maximum Gasteiger partial charge on any atom is 0.144 e. The highest BCUT2D eigenvalue weighted by molar-refractivity contribution is 7.85. The van der Waals surface area contributed by atoms with Gasteiger partial charge >= 0.3 is 0 Å². The van der Waals surface area contributed by atoms with Crippen LogP contribution >= 0.6 is 11.6 Å². The van der Waals surface area contributed by atoms with Gasteiger partial charge < -0.3 is 0 Å². The maximum absolute atomic E-state index is 13.3. The number of rotatable bonds is 2. The third kappa shape index (κ3) is 3.39. The molecule has 1 rings (SSSR count). The molecule has 0 saturated carbocycles. The van der Waals surface area contributed by atoms with Crippen LogP contribution in [-0.4, -0.2) is 15.2 Å². The Morgan fingerprint density at radius 2 is 2.06 bits per heavy atom.